The summed E-state index contributed by atoms with van der Waals surface area (Å²) in [6.07, 6.45) is 1.83. The van der Waals surface area contributed by atoms with Gasteiger partial charge in [-0.2, -0.15) is 0 Å². The molecule has 2 amide bonds. The molecule has 0 aromatic heterocycles. The van der Waals surface area contributed by atoms with Crippen molar-refractivity contribution in [3.63, 3.8) is 0 Å². The van der Waals surface area contributed by atoms with E-state index in [0.29, 0.717) is 0 Å². The fourth-order valence-corrected chi connectivity index (χ4v) is 2.64. The van der Waals surface area contributed by atoms with E-state index in [-0.39, 0.29) is 30.6 Å². The van der Waals surface area contributed by atoms with Crippen molar-refractivity contribution in [2.24, 2.45) is 5.92 Å². The predicted octanol–water partition coefficient (Wildman–Crippen LogP) is 2.64. The van der Waals surface area contributed by atoms with Gasteiger partial charge in [0.1, 0.15) is 0 Å². The number of carbonyl (C=O) groups excluding carboxylic acids is 1. The van der Waals surface area contributed by atoms with Crippen molar-refractivity contribution in [1.82, 2.24) is 10.6 Å². The second-order valence-electron chi connectivity index (χ2n) is 5.50. The molecule has 0 spiro atoms. The van der Waals surface area contributed by atoms with Gasteiger partial charge in [-0.15, -0.1) is 0 Å². The fraction of sp³-hybridized carbons (Fsp3) is 0.533. The molecule has 0 bridgehead atoms. The number of carbonyl (C=O) groups is 1. The molecule has 3 atom stereocenters. The highest BCUT2D eigenvalue weighted by atomic mass is 35.5. The van der Waals surface area contributed by atoms with Crippen LogP contribution in [0.1, 0.15) is 37.4 Å². The van der Waals surface area contributed by atoms with Crippen LogP contribution in [0.3, 0.4) is 0 Å². The van der Waals surface area contributed by atoms with Gasteiger partial charge in [0.25, 0.3) is 0 Å². The number of aliphatic hydroxyl groups excluding tert-OH is 1. The van der Waals surface area contributed by atoms with E-state index in [0.717, 1.165) is 23.4 Å². The number of rotatable bonds is 4. The highest BCUT2D eigenvalue weighted by molar-refractivity contribution is 6.30. The lowest BCUT2D eigenvalue weighted by Gasteiger charge is -2.21. The summed E-state index contributed by atoms with van der Waals surface area (Å²) >= 11 is 5.97. The van der Waals surface area contributed by atoms with Gasteiger partial charge in [-0.25, -0.2) is 4.79 Å². The van der Waals surface area contributed by atoms with Crippen molar-refractivity contribution in [1.29, 1.82) is 0 Å². The molecular weight excluding hydrogens is 276 g/mol. The molecular formula is C15H21ClN2O2. The molecule has 2 rings (SSSR count). The minimum absolute atomic E-state index is 0.0374. The molecule has 1 aromatic rings. The molecule has 0 fully saturated rings. The fourth-order valence-electron chi connectivity index (χ4n) is 2.44. The highest BCUT2D eigenvalue weighted by Gasteiger charge is 2.24. The van der Waals surface area contributed by atoms with Gasteiger partial charge in [0.05, 0.1) is 6.04 Å². The smallest absolute Gasteiger partial charge is 0.315 e. The first kappa shape index (κ1) is 15.1. The topological polar surface area (TPSA) is 61.4 Å². The van der Waals surface area contributed by atoms with Crippen LogP contribution in [-0.2, 0) is 6.42 Å². The van der Waals surface area contributed by atoms with E-state index in [1.807, 2.05) is 32.0 Å². The molecule has 0 saturated carbocycles. The molecule has 1 aliphatic carbocycles. The summed E-state index contributed by atoms with van der Waals surface area (Å²) in [5, 5.41) is 15.7. The summed E-state index contributed by atoms with van der Waals surface area (Å²) in [5.74, 6) is 0.0374. The maximum Gasteiger partial charge on any atom is 0.315 e. The molecule has 5 heteroatoms. The third-order valence-corrected chi connectivity index (χ3v) is 4.22. The van der Waals surface area contributed by atoms with E-state index in [2.05, 4.69) is 10.6 Å². The third-order valence-electron chi connectivity index (χ3n) is 3.99. The molecule has 0 radical (unpaired) electrons. The molecule has 20 heavy (non-hydrogen) atoms. The molecule has 3 N–H and O–H groups in total. The summed E-state index contributed by atoms with van der Waals surface area (Å²) in [4.78, 5) is 12.0. The Balaban J connectivity index is 1.94. The van der Waals surface area contributed by atoms with Crippen LogP contribution in [0, 0.1) is 5.92 Å². The first-order chi connectivity index (χ1) is 9.51. The van der Waals surface area contributed by atoms with Crippen LogP contribution >= 0.6 is 11.6 Å². The monoisotopic (exact) mass is 296 g/mol. The largest absolute Gasteiger partial charge is 0.396 e. The van der Waals surface area contributed by atoms with Gasteiger partial charge < -0.3 is 15.7 Å². The molecule has 0 saturated heterocycles. The predicted molar refractivity (Wildman–Crippen MR) is 79.9 cm³/mol. The molecule has 1 aliphatic rings. The maximum absolute atomic E-state index is 12.0. The summed E-state index contributed by atoms with van der Waals surface area (Å²) in [5.41, 5.74) is 2.35. The molecule has 1 aromatic carbocycles. The molecule has 0 heterocycles. The van der Waals surface area contributed by atoms with E-state index in [4.69, 9.17) is 16.7 Å². The Morgan fingerprint density at radius 2 is 2.25 bits per heavy atom. The molecule has 3 unspecified atom stereocenters. The Labute approximate surface area is 124 Å². The van der Waals surface area contributed by atoms with Gasteiger partial charge in [0.2, 0.25) is 0 Å². The SMILES string of the molecule is CC(CO)C(C)NC(=O)NC1CCc2cc(Cl)ccc21. The number of hydrogen-bond donors (Lipinski definition) is 3. The zero-order valence-corrected chi connectivity index (χ0v) is 12.6. The van der Waals surface area contributed by atoms with Crippen molar-refractivity contribution in [3.05, 3.63) is 34.3 Å². The lowest BCUT2D eigenvalue weighted by molar-refractivity contribution is 0.199. The Hall–Kier alpha value is -1.26. The van der Waals surface area contributed by atoms with Gasteiger partial charge >= 0.3 is 6.03 Å². The number of aryl methyl sites for hydroxylation is 1. The summed E-state index contributed by atoms with van der Waals surface area (Å²) in [6.45, 7) is 3.85. The molecule has 0 aliphatic heterocycles. The highest BCUT2D eigenvalue weighted by Crippen LogP contribution is 2.32. The molecule has 4 nitrogen and oxygen atoms in total. The lowest BCUT2D eigenvalue weighted by atomic mass is 10.1. The summed E-state index contributed by atoms with van der Waals surface area (Å²) < 4.78 is 0. The van der Waals surface area contributed by atoms with E-state index < -0.39 is 0 Å². The van der Waals surface area contributed by atoms with Crippen LogP contribution in [0.15, 0.2) is 18.2 Å². The molecule has 110 valence electrons. The van der Waals surface area contributed by atoms with Crippen molar-refractivity contribution < 1.29 is 9.90 Å². The second kappa shape index (κ2) is 6.46. The van der Waals surface area contributed by atoms with E-state index in [9.17, 15) is 4.79 Å². The number of amides is 2. The van der Waals surface area contributed by atoms with Gasteiger partial charge in [-0.1, -0.05) is 24.6 Å². The minimum atomic E-state index is -0.189. The Bertz CT molecular complexity index is 493. The quantitative estimate of drug-likeness (QED) is 0.800. The second-order valence-corrected chi connectivity index (χ2v) is 5.94. The number of fused-ring (bicyclic) bond motifs is 1. The number of hydrogen-bond acceptors (Lipinski definition) is 2. The number of nitrogens with one attached hydrogen (secondary N) is 2. The number of benzene rings is 1. The average Bonchev–Trinajstić information content (AvgIpc) is 2.79. The van der Waals surface area contributed by atoms with E-state index in [1.54, 1.807) is 0 Å². The first-order valence-electron chi connectivity index (χ1n) is 6.97. The van der Waals surface area contributed by atoms with Crippen LogP contribution in [0.4, 0.5) is 4.79 Å². The van der Waals surface area contributed by atoms with Gasteiger partial charge in [0.15, 0.2) is 0 Å². The third kappa shape index (κ3) is 3.44. The lowest BCUT2D eigenvalue weighted by Crippen LogP contribution is -2.45. The Morgan fingerprint density at radius 3 is 2.95 bits per heavy atom. The van der Waals surface area contributed by atoms with Crippen molar-refractivity contribution >= 4 is 17.6 Å². The van der Waals surface area contributed by atoms with Crippen molar-refractivity contribution in [2.75, 3.05) is 6.61 Å². The van der Waals surface area contributed by atoms with Gasteiger partial charge in [-0.05, 0) is 48.9 Å². The minimum Gasteiger partial charge on any atom is -0.396 e. The zero-order chi connectivity index (χ0) is 14.7. The number of halogens is 1. The van der Waals surface area contributed by atoms with Crippen LogP contribution in [0.25, 0.3) is 0 Å². The van der Waals surface area contributed by atoms with Gasteiger partial charge in [0, 0.05) is 17.7 Å². The number of urea groups is 1. The van der Waals surface area contributed by atoms with Crippen LogP contribution in [0.2, 0.25) is 5.02 Å². The van der Waals surface area contributed by atoms with Gasteiger partial charge in [-0.3, -0.25) is 0 Å². The first-order valence-corrected chi connectivity index (χ1v) is 7.35. The zero-order valence-electron chi connectivity index (χ0n) is 11.8. The maximum atomic E-state index is 12.0. The Morgan fingerprint density at radius 1 is 1.50 bits per heavy atom. The van der Waals surface area contributed by atoms with E-state index in [1.165, 1.54) is 5.56 Å². The standard InChI is InChI=1S/C15H21ClN2O2/c1-9(8-19)10(2)17-15(20)18-14-6-3-11-7-12(16)4-5-13(11)14/h4-5,7,9-10,14,19H,3,6,8H2,1-2H3,(H2,17,18,20). The normalized spacial score (nSPS) is 20.1. The van der Waals surface area contributed by atoms with Crippen LogP contribution < -0.4 is 10.6 Å². The summed E-state index contributed by atoms with van der Waals surface area (Å²) in [6, 6.07) is 5.59. The van der Waals surface area contributed by atoms with Crippen molar-refractivity contribution in [3.8, 4) is 0 Å². The van der Waals surface area contributed by atoms with Crippen molar-refractivity contribution in [2.45, 2.75) is 38.8 Å². The average molecular weight is 297 g/mol. The van der Waals surface area contributed by atoms with Crippen LogP contribution in [0.5, 0.6) is 0 Å². The number of aliphatic hydroxyl groups is 1. The summed E-state index contributed by atoms with van der Waals surface area (Å²) in [7, 11) is 0. The van der Waals surface area contributed by atoms with Crippen LogP contribution in [-0.4, -0.2) is 23.8 Å². The van der Waals surface area contributed by atoms with E-state index >= 15 is 0 Å². The Kier molecular flexibility index (Phi) is 4.89.